The van der Waals surface area contributed by atoms with E-state index >= 15 is 4.39 Å². The first-order valence-electron chi connectivity index (χ1n) is 10.1. The Balaban J connectivity index is 1.86. The molecule has 1 unspecified atom stereocenters. The van der Waals surface area contributed by atoms with Crippen molar-refractivity contribution in [3.63, 3.8) is 0 Å². The Morgan fingerprint density at radius 3 is 2.30 bits per heavy atom. The van der Waals surface area contributed by atoms with E-state index in [0.717, 1.165) is 41.3 Å². The number of aromatic nitrogens is 1. The molecule has 1 aliphatic carbocycles. The number of carboxylic acids is 1. The fraction of sp³-hybridized carbons (Fsp3) is 0.304. The maximum atomic E-state index is 15.0. The van der Waals surface area contributed by atoms with Gasteiger partial charge in [-0.2, -0.15) is 0 Å². The Morgan fingerprint density at radius 2 is 1.79 bits per heavy atom. The Hall–Kier alpha value is -3.56. The van der Waals surface area contributed by atoms with Gasteiger partial charge in [-0.3, -0.25) is 9.36 Å². The first-order valence-corrected chi connectivity index (χ1v) is 10.1. The van der Waals surface area contributed by atoms with Gasteiger partial charge in [0.15, 0.2) is 11.6 Å². The van der Waals surface area contributed by atoms with Gasteiger partial charge in [0, 0.05) is 28.5 Å². The second-order valence-corrected chi connectivity index (χ2v) is 7.99. The summed E-state index contributed by atoms with van der Waals surface area (Å²) in [6.45, 7) is 1.46. The summed E-state index contributed by atoms with van der Waals surface area (Å²) in [7, 11) is 0. The molecule has 6 nitrogen and oxygen atoms in total. The van der Waals surface area contributed by atoms with Crippen LogP contribution in [-0.2, 0) is 4.79 Å². The summed E-state index contributed by atoms with van der Waals surface area (Å²) in [4.78, 5) is 25.3. The second-order valence-electron chi connectivity index (χ2n) is 7.99. The largest absolute Gasteiger partial charge is 0.573 e. The average Bonchev–Trinajstić information content (AvgIpc) is 2.98. The van der Waals surface area contributed by atoms with Crippen molar-refractivity contribution >= 4 is 22.8 Å². The lowest BCUT2D eigenvalue weighted by atomic mass is 9.72. The van der Waals surface area contributed by atoms with Crippen molar-refractivity contribution in [3.8, 4) is 11.5 Å². The molecule has 1 N–H and O–H groups in total. The molecular formula is C23H18F4NO5-. The summed E-state index contributed by atoms with van der Waals surface area (Å²) < 4.78 is 57.1. The number of phenolic OH excluding ortho intramolecular Hbond substituents is 1. The van der Waals surface area contributed by atoms with Gasteiger partial charge in [-0.05, 0) is 67.6 Å². The van der Waals surface area contributed by atoms with E-state index in [1.807, 2.05) is 0 Å². The van der Waals surface area contributed by atoms with Crippen LogP contribution in [-0.4, -0.2) is 27.9 Å². The van der Waals surface area contributed by atoms with E-state index < -0.39 is 41.5 Å². The SMILES string of the molecule is Cc1c(C(C(=O)[O-])C2CCC2)c2c(F)c(O)ccc2n1C(=O)c1ccc(OC(F)(F)F)cc1. The van der Waals surface area contributed by atoms with E-state index in [-0.39, 0.29) is 33.6 Å². The summed E-state index contributed by atoms with van der Waals surface area (Å²) in [6, 6.07) is 6.50. The number of nitrogens with zero attached hydrogens (tertiary/aromatic N) is 1. The highest BCUT2D eigenvalue weighted by Crippen LogP contribution is 2.45. The summed E-state index contributed by atoms with van der Waals surface area (Å²) in [6.07, 6.45) is -2.89. The Morgan fingerprint density at radius 1 is 1.15 bits per heavy atom. The molecule has 1 atom stereocenters. The van der Waals surface area contributed by atoms with Gasteiger partial charge in [0.2, 0.25) is 0 Å². The summed E-state index contributed by atoms with van der Waals surface area (Å²) in [5.74, 6) is -5.89. The van der Waals surface area contributed by atoms with Crippen LogP contribution in [0.5, 0.6) is 11.5 Å². The zero-order valence-electron chi connectivity index (χ0n) is 17.3. The highest BCUT2D eigenvalue weighted by atomic mass is 19.4. The van der Waals surface area contributed by atoms with E-state index in [9.17, 15) is 33.0 Å². The molecule has 2 aromatic carbocycles. The molecule has 1 aromatic heterocycles. The lowest BCUT2D eigenvalue weighted by Gasteiger charge is -2.35. The molecule has 10 heteroatoms. The lowest BCUT2D eigenvalue weighted by molar-refractivity contribution is -0.310. The van der Waals surface area contributed by atoms with E-state index in [1.165, 1.54) is 13.0 Å². The van der Waals surface area contributed by atoms with Crippen LogP contribution in [0.4, 0.5) is 17.6 Å². The number of carbonyl (C=O) groups is 2. The summed E-state index contributed by atoms with van der Waals surface area (Å²) >= 11 is 0. The van der Waals surface area contributed by atoms with Crippen LogP contribution >= 0.6 is 0 Å². The van der Waals surface area contributed by atoms with Gasteiger partial charge in [-0.1, -0.05) is 6.42 Å². The fourth-order valence-electron chi connectivity index (χ4n) is 4.37. The molecule has 4 rings (SSSR count). The molecule has 0 amide bonds. The molecular weight excluding hydrogens is 446 g/mol. The van der Waals surface area contributed by atoms with Gasteiger partial charge in [-0.15, -0.1) is 13.2 Å². The van der Waals surface area contributed by atoms with Gasteiger partial charge in [-0.25, -0.2) is 4.39 Å². The quantitative estimate of drug-likeness (QED) is 0.576. The molecule has 1 saturated carbocycles. The van der Waals surface area contributed by atoms with Crippen molar-refractivity contribution in [2.45, 2.75) is 38.5 Å². The van der Waals surface area contributed by atoms with Gasteiger partial charge < -0.3 is 19.7 Å². The molecule has 1 heterocycles. The standard InChI is InChI=1S/C23H19F4NO5/c1-11-17(18(22(31)32)12-3-2-4-12)19-15(9-10-16(29)20(19)24)28(11)21(30)13-5-7-14(8-6-13)33-23(25,26)27/h5-10,12,18,29H,2-4H2,1H3,(H,31,32)/p-1. The predicted octanol–water partition coefficient (Wildman–Crippen LogP) is 4.02. The maximum Gasteiger partial charge on any atom is 0.573 e. The van der Waals surface area contributed by atoms with E-state index in [4.69, 9.17) is 0 Å². The number of carboxylic acid groups (broad SMARTS) is 1. The Bertz CT molecular complexity index is 1240. The van der Waals surface area contributed by atoms with Crippen LogP contribution in [0.1, 0.15) is 46.8 Å². The molecule has 174 valence electrons. The predicted molar refractivity (Wildman–Crippen MR) is 106 cm³/mol. The van der Waals surface area contributed by atoms with Crippen molar-refractivity contribution in [2.75, 3.05) is 0 Å². The lowest BCUT2D eigenvalue weighted by Crippen LogP contribution is -2.37. The third-order valence-electron chi connectivity index (χ3n) is 6.06. The number of aromatic hydroxyl groups is 1. The van der Waals surface area contributed by atoms with Crippen molar-refractivity contribution in [2.24, 2.45) is 5.92 Å². The first kappa shape index (κ1) is 22.6. The number of carbonyl (C=O) groups excluding carboxylic acids is 2. The van der Waals surface area contributed by atoms with Crippen molar-refractivity contribution < 1.29 is 42.1 Å². The maximum absolute atomic E-state index is 15.0. The highest BCUT2D eigenvalue weighted by Gasteiger charge is 2.36. The number of aliphatic carboxylic acids is 1. The smallest absolute Gasteiger partial charge is 0.549 e. The molecule has 1 fully saturated rings. The third-order valence-corrected chi connectivity index (χ3v) is 6.06. The minimum Gasteiger partial charge on any atom is -0.549 e. The zero-order valence-corrected chi connectivity index (χ0v) is 17.3. The Labute approximate surface area is 185 Å². The van der Waals surface area contributed by atoms with Gasteiger partial charge in [0.25, 0.3) is 5.91 Å². The monoisotopic (exact) mass is 464 g/mol. The summed E-state index contributed by atoms with van der Waals surface area (Å²) in [5, 5.41) is 21.7. The second kappa shape index (κ2) is 8.09. The average molecular weight is 464 g/mol. The fourth-order valence-corrected chi connectivity index (χ4v) is 4.37. The molecule has 3 aromatic rings. The number of phenols is 1. The Kier molecular flexibility index (Phi) is 5.55. The number of rotatable bonds is 5. The van der Waals surface area contributed by atoms with Crippen LogP contribution in [0.25, 0.3) is 10.9 Å². The zero-order chi connectivity index (χ0) is 24.1. The van der Waals surface area contributed by atoms with E-state index in [1.54, 1.807) is 0 Å². The molecule has 0 bridgehead atoms. The normalized spacial score (nSPS) is 15.3. The number of halogens is 4. The van der Waals surface area contributed by atoms with Crippen molar-refractivity contribution in [3.05, 3.63) is 59.0 Å². The minimum absolute atomic E-state index is 0.0294. The minimum atomic E-state index is -4.89. The molecule has 0 saturated heterocycles. The van der Waals surface area contributed by atoms with Gasteiger partial charge in [0.05, 0.1) is 5.52 Å². The van der Waals surface area contributed by atoms with Crippen LogP contribution in [0.15, 0.2) is 36.4 Å². The number of benzene rings is 2. The number of hydrogen-bond donors (Lipinski definition) is 1. The molecule has 0 aliphatic heterocycles. The number of hydrogen-bond acceptors (Lipinski definition) is 5. The van der Waals surface area contributed by atoms with Gasteiger partial charge >= 0.3 is 6.36 Å². The van der Waals surface area contributed by atoms with Gasteiger partial charge in [0.1, 0.15) is 5.75 Å². The highest BCUT2D eigenvalue weighted by molar-refractivity contribution is 6.05. The topological polar surface area (TPSA) is 91.6 Å². The molecule has 0 radical (unpaired) electrons. The van der Waals surface area contributed by atoms with Crippen molar-refractivity contribution in [1.82, 2.24) is 4.57 Å². The third kappa shape index (κ3) is 4.01. The van der Waals surface area contributed by atoms with Crippen LogP contribution in [0.3, 0.4) is 0 Å². The number of alkyl halides is 3. The number of fused-ring (bicyclic) bond motifs is 1. The first-order chi connectivity index (χ1) is 15.5. The van der Waals surface area contributed by atoms with Crippen LogP contribution in [0, 0.1) is 18.7 Å². The molecule has 0 spiro atoms. The van der Waals surface area contributed by atoms with Crippen LogP contribution in [0.2, 0.25) is 0 Å². The molecule has 1 aliphatic rings. The van der Waals surface area contributed by atoms with E-state index in [2.05, 4.69) is 4.74 Å². The van der Waals surface area contributed by atoms with Crippen LogP contribution < -0.4 is 9.84 Å². The van der Waals surface area contributed by atoms with Crippen molar-refractivity contribution in [1.29, 1.82) is 0 Å². The molecule has 33 heavy (non-hydrogen) atoms. The summed E-state index contributed by atoms with van der Waals surface area (Å²) in [5.41, 5.74) is 0.201. The number of ether oxygens (including phenoxy) is 1. The van der Waals surface area contributed by atoms with E-state index in [0.29, 0.717) is 12.8 Å².